The first-order valence-corrected chi connectivity index (χ1v) is 12.3. The van der Waals surface area contributed by atoms with Crippen molar-refractivity contribution >= 4 is 37.1 Å². The van der Waals surface area contributed by atoms with Gasteiger partial charge in [0, 0.05) is 25.3 Å². The number of rotatable bonds is 4. The van der Waals surface area contributed by atoms with E-state index in [2.05, 4.69) is 35.2 Å². The summed E-state index contributed by atoms with van der Waals surface area (Å²) in [6, 6.07) is 14.5. The van der Waals surface area contributed by atoms with Crippen molar-refractivity contribution in [2.75, 3.05) is 29.5 Å². The fourth-order valence-corrected chi connectivity index (χ4v) is 5.97. The molecule has 28 heavy (non-hydrogen) atoms. The van der Waals surface area contributed by atoms with Gasteiger partial charge in [0.2, 0.25) is 0 Å². The summed E-state index contributed by atoms with van der Waals surface area (Å²) >= 11 is 1.32. The molecule has 0 unspecified atom stereocenters. The minimum Gasteiger partial charge on any atom is -0.369 e. The molecule has 1 aliphatic carbocycles. The zero-order chi connectivity index (χ0) is 19.3. The van der Waals surface area contributed by atoms with Gasteiger partial charge in [0.15, 0.2) is 9.84 Å². The third-order valence-electron chi connectivity index (χ3n) is 5.70. The molecule has 0 amide bonds. The molecular weight excluding hydrogens is 392 g/mol. The van der Waals surface area contributed by atoms with Crippen LogP contribution in [0.2, 0.25) is 0 Å². The van der Waals surface area contributed by atoms with E-state index in [0.717, 1.165) is 33.6 Å². The van der Waals surface area contributed by atoms with Gasteiger partial charge in [0.25, 0.3) is 0 Å². The highest BCUT2D eigenvalue weighted by Gasteiger charge is 2.24. The second-order valence-electron chi connectivity index (χ2n) is 7.79. The zero-order valence-corrected chi connectivity index (χ0v) is 17.1. The van der Waals surface area contributed by atoms with E-state index in [1.165, 1.54) is 24.2 Å². The van der Waals surface area contributed by atoms with Gasteiger partial charge >= 0.3 is 4.87 Å². The number of sulfone groups is 1. The summed E-state index contributed by atoms with van der Waals surface area (Å²) in [6.07, 6.45) is 2.46. The lowest BCUT2D eigenvalue weighted by Crippen LogP contribution is -2.40. The Labute approximate surface area is 168 Å². The van der Waals surface area contributed by atoms with Crippen LogP contribution in [0.1, 0.15) is 12.8 Å². The van der Waals surface area contributed by atoms with Gasteiger partial charge in [-0.05, 0) is 54.2 Å². The molecule has 0 spiro atoms. The summed E-state index contributed by atoms with van der Waals surface area (Å²) in [5.41, 5.74) is 4.25. The third-order valence-corrected chi connectivity index (χ3v) is 8.25. The van der Waals surface area contributed by atoms with Crippen LogP contribution in [0.25, 0.3) is 21.3 Å². The van der Waals surface area contributed by atoms with Crippen LogP contribution in [-0.4, -0.2) is 37.6 Å². The third kappa shape index (κ3) is 3.49. The molecular formula is C21H22N2O3S2. The molecule has 0 radical (unpaired) electrons. The van der Waals surface area contributed by atoms with Crippen molar-refractivity contribution < 1.29 is 8.42 Å². The van der Waals surface area contributed by atoms with Gasteiger partial charge < -0.3 is 4.90 Å². The Morgan fingerprint density at radius 1 is 1.00 bits per heavy atom. The quantitative estimate of drug-likeness (QED) is 0.657. The van der Waals surface area contributed by atoms with Crippen molar-refractivity contribution in [1.82, 2.24) is 4.57 Å². The van der Waals surface area contributed by atoms with E-state index in [4.69, 9.17) is 0 Å². The molecule has 7 heteroatoms. The van der Waals surface area contributed by atoms with Crippen molar-refractivity contribution in [3.63, 3.8) is 0 Å². The number of aromatic nitrogens is 1. The highest BCUT2D eigenvalue weighted by molar-refractivity contribution is 7.91. The van der Waals surface area contributed by atoms with Gasteiger partial charge in [0.1, 0.15) is 0 Å². The van der Waals surface area contributed by atoms with Crippen molar-refractivity contribution in [1.29, 1.82) is 0 Å². The van der Waals surface area contributed by atoms with Crippen LogP contribution in [-0.2, 0) is 16.4 Å². The fourth-order valence-electron chi connectivity index (χ4n) is 3.83. The summed E-state index contributed by atoms with van der Waals surface area (Å²) in [5, 5.41) is 0. The lowest BCUT2D eigenvalue weighted by atomic mass is 10.0. The highest BCUT2D eigenvalue weighted by Crippen LogP contribution is 2.33. The summed E-state index contributed by atoms with van der Waals surface area (Å²) in [7, 11) is -2.89. The maximum atomic E-state index is 12.4. The van der Waals surface area contributed by atoms with Crippen LogP contribution in [0.3, 0.4) is 0 Å². The highest BCUT2D eigenvalue weighted by atomic mass is 32.2. The molecule has 5 nitrogen and oxygen atoms in total. The van der Waals surface area contributed by atoms with Gasteiger partial charge in [-0.2, -0.15) is 0 Å². The van der Waals surface area contributed by atoms with Crippen LogP contribution in [0.4, 0.5) is 5.69 Å². The number of nitrogens with zero attached hydrogens (tertiary/aromatic N) is 2. The van der Waals surface area contributed by atoms with Crippen LogP contribution < -0.4 is 9.77 Å². The Hall–Kier alpha value is -2.12. The fraction of sp³-hybridized carbons (Fsp3) is 0.381. The van der Waals surface area contributed by atoms with E-state index in [9.17, 15) is 13.2 Å². The van der Waals surface area contributed by atoms with Crippen molar-refractivity contribution in [3.8, 4) is 11.1 Å². The maximum Gasteiger partial charge on any atom is 0.308 e. The smallest absolute Gasteiger partial charge is 0.308 e. The summed E-state index contributed by atoms with van der Waals surface area (Å²) in [6.45, 7) is 1.92. The van der Waals surface area contributed by atoms with Crippen molar-refractivity contribution in [2.24, 2.45) is 5.92 Å². The van der Waals surface area contributed by atoms with Gasteiger partial charge in [-0.25, -0.2) is 8.42 Å². The zero-order valence-electron chi connectivity index (χ0n) is 15.5. The SMILES string of the molecule is O=c1sc2cc(-c3cccc(N4CCS(=O)(=O)CC4)c3)ccc2n1CC1CC1. The molecule has 3 aromatic rings. The second-order valence-corrected chi connectivity index (χ2v) is 11.1. The number of hydrogen-bond acceptors (Lipinski definition) is 5. The van der Waals surface area contributed by atoms with Gasteiger partial charge in [-0.15, -0.1) is 0 Å². The Kier molecular flexibility index (Phi) is 4.32. The number of benzene rings is 2. The minimum absolute atomic E-state index is 0.127. The molecule has 2 aliphatic rings. The van der Waals surface area contributed by atoms with E-state index < -0.39 is 9.84 Å². The minimum atomic E-state index is -2.89. The number of thiazole rings is 1. The number of anilines is 1. The standard InChI is InChI=1S/C21H22N2O3S2/c24-21-23(14-15-4-5-15)19-7-6-17(13-20(19)27-21)16-2-1-3-18(12-16)22-8-10-28(25,26)11-9-22/h1-3,6-7,12-13,15H,4-5,8-11,14H2. The molecule has 1 saturated heterocycles. The van der Waals surface area contributed by atoms with Crippen LogP contribution in [0.5, 0.6) is 0 Å². The molecule has 1 saturated carbocycles. The van der Waals surface area contributed by atoms with Crippen molar-refractivity contribution in [3.05, 3.63) is 52.1 Å². The van der Waals surface area contributed by atoms with E-state index in [1.807, 2.05) is 16.7 Å². The molecule has 2 fully saturated rings. The normalized spacial score (nSPS) is 19.2. The Morgan fingerprint density at radius 3 is 2.50 bits per heavy atom. The Bertz CT molecular complexity index is 1190. The molecule has 2 aromatic carbocycles. The predicted molar refractivity (Wildman–Crippen MR) is 115 cm³/mol. The van der Waals surface area contributed by atoms with Crippen LogP contribution in [0, 0.1) is 5.92 Å². The largest absolute Gasteiger partial charge is 0.369 e. The van der Waals surface area contributed by atoms with E-state index in [-0.39, 0.29) is 16.4 Å². The first-order valence-electron chi connectivity index (χ1n) is 9.68. The molecule has 5 rings (SSSR count). The molecule has 1 aromatic heterocycles. The summed E-state index contributed by atoms with van der Waals surface area (Å²) < 4.78 is 26.3. The summed E-state index contributed by atoms with van der Waals surface area (Å²) in [4.78, 5) is 14.6. The van der Waals surface area contributed by atoms with E-state index in [0.29, 0.717) is 19.0 Å². The Balaban J connectivity index is 1.46. The lowest BCUT2D eigenvalue weighted by molar-refractivity contribution is 0.587. The molecule has 0 atom stereocenters. The topological polar surface area (TPSA) is 59.4 Å². The van der Waals surface area contributed by atoms with E-state index in [1.54, 1.807) is 0 Å². The van der Waals surface area contributed by atoms with Gasteiger partial charge in [-0.3, -0.25) is 9.36 Å². The molecule has 2 heterocycles. The average Bonchev–Trinajstić information content (AvgIpc) is 3.45. The maximum absolute atomic E-state index is 12.4. The number of hydrogen-bond donors (Lipinski definition) is 0. The van der Waals surface area contributed by atoms with Gasteiger partial charge in [-0.1, -0.05) is 29.5 Å². The lowest BCUT2D eigenvalue weighted by Gasteiger charge is -2.29. The predicted octanol–water partition coefficient (Wildman–Crippen LogP) is 3.37. The monoisotopic (exact) mass is 414 g/mol. The van der Waals surface area contributed by atoms with Crippen LogP contribution >= 0.6 is 11.3 Å². The second kappa shape index (κ2) is 6.74. The van der Waals surface area contributed by atoms with Crippen LogP contribution in [0.15, 0.2) is 47.3 Å². The first kappa shape index (κ1) is 17.9. The molecule has 1 aliphatic heterocycles. The van der Waals surface area contributed by atoms with E-state index >= 15 is 0 Å². The Morgan fingerprint density at radius 2 is 1.75 bits per heavy atom. The van der Waals surface area contributed by atoms with Crippen molar-refractivity contribution in [2.45, 2.75) is 19.4 Å². The molecule has 0 N–H and O–H groups in total. The molecule has 146 valence electrons. The van der Waals surface area contributed by atoms with Gasteiger partial charge in [0.05, 0.1) is 21.7 Å². The first-order chi connectivity index (χ1) is 13.5. The summed E-state index contributed by atoms with van der Waals surface area (Å²) in [5.74, 6) is 1.09. The molecule has 0 bridgehead atoms. The number of fused-ring (bicyclic) bond motifs is 1. The average molecular weight is 415 g/mol.